The van der Waals surface area contributed by atoms with E-state index in [-0.39, 0.29) is 36.6 Å². The number of carboxylic acid groups (broad SMARTS) is 1. The highest BCUT2D eigenvalue weighted by atomic mass is 32.2. The standard InChI is InChI=1S/C30H32N2O7S/c1-17-19(3)38-25-14-26-22(12-21(17)25)18(2)23(30(37)39-26)13-28(34)31-11-7-10-27(33)32-24(29(35)36)16-40-15-20-8-5-4-6-9-20/h4-6,8-9,12,14,24H,7,10-11,13,15-16H2,1-3H3,(H,31,34)(H,32,33)(H,35,36)/t24-/m0/s1. The quantitative estimate of drug-likeness (QED) is 0.170. The van der Waals surface area contributed by atoms with Gasteiger partial charge in [0.25, 0.3) is 0 Å². The highest BCUT2D eigenvalue weighted by Crippen LogP contribution is 2.31. The predicted octanol–water partition coefficient (Wildman–Crippen LogP) is 4.41. The van der Waals surface area contributed by atoms with E-state index in [0.29, 0.717) is 28.9 Å². The van der Waals surface area contributed by atoms with Gasteiger partial charge in [0.05, 0.1) is 12.0 Å². The minimum atomic E-state index is -1.09. The Morgan fingerprint density at radius 1 is 0.950 bits per heavy atom. The topological polar surface area (TPSA) is 139 Å². The Labute approximate surface area is 235 Å². The molecule has 0 saturated carbocycles. The first-order valence-electron chi connectivity index (χ1n) is 13.0. The number of aryl methyl sites for hydroxylation is 3. The van der Waals surface area contributed by atoms with Crippen LogP contribution in [0.25, 0.3) is 21.9 Å². The number of amides is 2. The van der Waals surface area contributed by atoms with Crippen LogP contribution in [0.5, 0.6) is 0 Å². The Bertz CT molecular complexity index is 1610. The Kier molecular flexibility index (Phi) is 9.31. The summed E-state index contributed by atoms with van der Waals surface area (Å²) >= 11 is 1.43. The Morgan fingerprint density at radius 2 is 1.65 bits per heavy atom. The number of carbonyl (C=O) groups is 3. The van der Waals surface area contributed by atoms with Crippen molar-refractivity contribution in [2.75, 3.05) is 12.3 Å². The molecule has 0 fully saturated rings. The van der Waals surface area contributed by atoms with E-state index in [1.165, 1.54) is 11.8 Å². The molecule has 4 aromatic rings. The van der Waals surface area contributed by atoms with Gasteiger partial charge in [0.1, 0.15) is 23.0 Å². The van der Waals surface area contributed by atoms with Gasteiger partial charge in [0.2, 0.25) is 11.8 Å². The summed E-state index contributed by atoms with van der Waals surface area (Å²) in [5.74, 6) is -0.179. The molecule has 0 aliphatic heterocycles. The molecule has 2 amide bonds. The molecule has 0 unspecified atom stereocenters. The molecule has 0 bridgehead atoms. The maximum absolute atomic E-state index is 12.7. The minimum absolute atomic E-state index is 0.0595. The highest BCUT2D eigenvalue weighted by molar-refractivity contribution is 7.98. The van der Waals surface area contributed by atoms with Crippen LogP contribution in [-0.4, -0.2) is 41.2 Å². The van der Waals surface area contributed by atoms with Crippen LogP contribution in [0.1, 0.15) is 40.9 Å². The SMILES string of the molecule is Cc1oc2cc3oc(=O)c(CC(=O)NCCCC(=O)N[C@@H](CSCc4ccccc4)C(=O)O)c(C)c3cc2c1C. The van der Waals surface area contributed by atoms with E-state index in [1.807, 2.05) is 50.2 Å². The number of fused-ring (bicyclic) bond motifs is 2. The van der Waals surface area contributed by atoms with Crippen molar-refractivity contribution >= 4 is 51.5 Å². The van der Waals surface area contributed by atoms with Crippen molar-refractivity contribution in [3.63, 3.8) is 0 Å². The molecule has 4 rings (SSSR count). The fourth-order valence-electron chi connectivity index (χ4n) is 4.44. The summed E-state index contributed by atoms with van der Waals surface area (Å²) in [5.41, 5.74) is 3.49. The van der Waals surface area contributed by atoms with Gasteiger partial charge in [-0.1, -0.05) is 30.3 Å². The number of aliphatic carboxylic acids is 1. The molecule has 1 atom stereocenters. The molecule has 10 heteroatoms. The second-order valence-electron chi connectivity index (χ2n) is 9.71. The number of thioether (sulfide) groups is 1. The average molecular weight is 565 g/mol. The van der Waals surface area contributed by atoms with Crippen LogP contribution < -0.4 is 16.3 Å². The fraction of sp³-hybridized carbons (Fsp3) is 0.333. The van der Waals surface area contributed by atoms with Crippen molar-refractivity contribution in [2.45, 2.75) is 51.8 Å². The smallest absolute Gasteiger partial charge is 0.340 e. The molecule has 2 aromatic carbocycles. The number of benzene rings is 2. The number of hydrogen-bond donors (Lipinski definition) is 3. The molecule has 9 nitrogen and oxygen atoms in total. The maximum atomic E-state index is 12.7. The van der Waals surface area contributed by atoms with E-state index in [4.69, 9.17) is 8.83 Å². The van der Waals surface area contributed by atoms with Crippen LogP contribution in [0.3, 0.4) is 0 Å². The summed E-state index contributed by atoms with van der Waals surface area (Å²) in [4.78, 5) is 49.1. The lowest BCUT2D eigenvalue weighted by Gasteiger charge is -2.14. The summed E-state index contributed by atoms with van der Waals surface area (Å²) in [6.07, 6.45) is 0.227. The van der Waals surface area contributed by atoms with E-state index >= 15 is 0 Å². The van der Waals surface area contributed by atoms with Crippen LogP contribution in [0, 0.1) is 20.8 Å². The number of furan rings is 1. The summed E-state index contributed by atoms with van der Waals surface area (Å²) in [6.45, 7) is 5.83. The van der Waals surface area contributed by atoms with Gasteiger partial charge in [-0.25, -0.2) is 9.59 Å². The largest absolute Gasteiger partial charge is 0.480 e. The zero-order chi connectivity index (χ0) is 28.8. The summed E-state index contributed by atoms with van der Waals surface area (Å²) in [7, 11) is 0. The van der Waals surface area contributed by atoms with Crippen LogP contribution in [0.4, 0.5) is 0 Å². The van der Waals surface area contributed by atoms with Gasteiger partial charge in [-0.15, -0.1) is 0 Å². The molecule has 2 aromatic heterocycles. The lowest BCUT2D eigenvalue weighted by Crippen LogP contribution is -2.42. The number of carbonyl (C=O) groups excluding carboxylic acids is 2. The molecular weight excluding hydrogens is 532 g/mol. The van der Waals surface area contributed by atoms with Crippen molar-refractivity contribution in [3.05, 3.63) is 80.9 Å². The number of nitrogens with one attached hydrogen (secondary N) is 2. The van der Waals surface area contributed by atoms with Crippen molar-refractivity contribution in [2.24, 2.45) is 0 Å². The van der Waals surface area contributed by atoms with Gasteiger partial charge < -0.3 is 24.6 Å². The Morgan fingerprint density at radius 3 is 2.38 bits per heavy atom. The highest BCUT2D eigenvalue weighted by Gasteiger charge is 2.20. The molecule has 40 heavy (non-hydrogen) atoms. The van der Waals surface area contributed by atoms with E-state index in [9.17, 15) is 24.3 Å². The van der Waals surface area contributed by atoms with Gasteiger partial charge in [-0.05, 0) is 49.9 Å². The number of rotatable bonds is 12. The normalized spacial score (nSPS) is 12.0. The fourth-order valence-corrected chi connectivity index (χ4v) is 5.45. The molecular formula is C30H32N2O7S. The first-order chi connectivity index (χ1) is 19.1. The van der Waals surface area contributed by atoms with Gasteiger partial charge in [0, 0.05) is 41.3 Å². The lowest BCUT2D eigenvalue weighted by molar-refractivity contribution is -0.141. The minimum Gasteiger partial charge on any atom is -0.480 e. The second-order valence-corrected chi connectivity index (χ2v) is 10.7. The number of carboxylic acids is 1. The molecule has 210 valence electrons. The van der Waals surface area contributed by atoms with Gasteiger partial charge in [0.15, 0.2) is 0 Å². The molecule has 0 aliphatic rings. The van der Waals surface area contributed by atoms with Gasteiger partial charge in [-0.3, -0.25) is 9.59 Å². The van der Waals surface area contributed by atoms with Crippen LogP contribution in [0.15, 0.2) is 56.1 Å². The molecule has 0 spiro atoms. The first-order valence-corrected chi connectivity index (χ1v) is 14.2. The molecule has 3 N–H and O–H groups in total. The third kappa shape index (κ3) is 6.93. The van der Waals surface area contributed by atoms with Crippen molar-refractivity contribution < 1.29 is 28.3 Å². The zero-order valence-electron chi connectivity index (χ0n) is 22.7. The third-order valence-corrected chi connectivity index (χ3v) is 7.96. The summed E-state index contributed by atoms with van der Waals surface area (Å²) < 4.78 is 11.2. The summed E-state index contributed by atoms with van der Waals surface area (Å²) in [6, 6.07) is 12.3. The van der Waals surface area contributed by atoms with Crippen molar-refractivity contribution in [1.82, 2.24) is 10.6 Å². The van der Waals surface area contributed by atoms with Crippen LogP contribution >= 0.6 is 11.8 Å². The predicted molar refractivity (Wildman–Crippen MR) is 155 cm³/mol. The summed E-state index contributed by atoms with van der Waals surface area (Å²) in [5, 5.41) is 16.4. The van der Waals surface area contributed by atoms with Crippen LogP contribution in [0.2, 0.25) is 0 Å². The van der Waals surface area contributed by atoms with Crippen molar-refractivity contribution in [3.8, 4) is 0 Å². The molecule has 0 aliphatic carbocycles. The van der Waals surface area contributed by atoms with Gasteiger partial charge in [-0.2, -0.15) is 11.8 Å². The zero-order valence-corrected chi connectivity index (χ0v) is 23.5. The van der Waals surface area contributed by atoms with E-state index < -0.39 is 23.5 Å². The van der Waals surface area contributed by atoms with E-state index in [0.717, 1.165) is 27.7 Å². The third-order valence-electron chi connectivity index (χ3n) is 6.85. The average Bonchev–Trinajstić information content (AvgIpc) is 3.20. The lowest BCUT2D eigenvalue weighted by atomic mass is 10.0. The first kappa shape index (κ1) is 28.9. The van der Waals surface area contributed by atoms with Crippen molar-refractivity contribution in [1.29, 1.82) is 0 Å². The van der Waals surface area contributed by atoms with Gasteiger partial charge >= 0.3 is 11.6 Å². The van der Waals surface area contributed by atoms with E-state index in [1.54, 1.807) is 13.0 Å². The molecule has 0 radical (unpaired) electrons. The monoisotopic (exact) mass is 564 g/mol. The Hall–Kier alpha value is -4.05. The molecule has 0 saturated heterocycles. The maximum Gasteiger partial charge on any atom is 0.340 e. The second kappa shape index (κ2) is 12.9. The van der Waals surface area contributed by atoms with Crippen LogP contribution in [-0.2, 0) is 26.6 Å². The Balaban J connectivity index is 1.26. The molecule has 2 heterocycles. The number of hydrogen-bond acceptors (Lipinski definition) is 7. The van der Waals surface area contributed by atoms with E-state index in [2.05, 4.69) is 10.6 Å².